The van der Waals surface area contributed by atoms with E-state index < -0.39 is 27.0 Å². The van der Waals surface area contributed by atoms with E-state index in [2.05, 4.69) is 15.1 Å². The van der Waals surface area contributed by atoms with Gasteiger partial charge in [-0.15, -0.1) is 0 Å². The van der Waals surface area contributed by atoms with Crippen molar-refractivity contribution < 1.29 is 21.6 Å². The molecule has 2 fully saturated rings. The van der Waals surface area contributed by atoms with Crippen molar-refractivity contribution in [3.8, 4) is 0 Å². The van der Waals surface area contributed by atoms with Gasteiger partial charge in [0.05, 0.1) is 11.6 Å². The first kappa shape index (κ1) is 15.8. The van der Waals surface area contributed by atoms with E-state index in [0.717, 1.165) is 0 Å². The third-order valence-electron chi connectivity index (χ3n) is 4.81. The van der Waals surface area contributed by atoms with Crippen LogP contribution in [0.25, 0.3) is 0 Å². The fourth-order valence-corrected chi connectivity index (χ4v) is 4.38. The van der Waals surface area contributed by atoms with Crippen LogP contribution in [0.15, 0.2) is 17.3 Å². The summed E-state index contributed by atoms with van der Waals surface area (Å²) in [5.41, 5.74) is -2.87. The number of sulfonamides is 1. The Morgan fingerprint density at radius 1 is 1.45 bits per heavy atom. The standard InChI is InChI=1S/C12H17F3N4O2S/c1-2-19-4-9(3-17-19)22(20,21)18-7-10-5-11(10,8-16-6-10)12(13,14)15/h3-4,16,18H,2,5-8H2,1H3/t10-,11-/m1/s1. The Morgan fingerprint density at radius 2 is 2.18 bits per heavy atom. The number of piperidine rings is 1. The van der Waals surface area contributed by atoms with Crippen molar-refractivity contribution in [2.45, 2.75) is 31.0 Å². The van der Waals surface area contributed by atoms with E-state index in [0.29, 0.717) is 6.54 Å². The van der Waals surface area contributed by atoms with Gasteiger partial charge in [-0.05, 0) is 13.3 Å². The lowest BCUT2D eigenvalue weighted by Gasteiger charge is -2.20. The molecule has 0 unspecified atom stereocenters. The summed E-state index contributed by atoms with van der Waals surface area (Å²) in [4.78, 5) is -0.0324. The van der Waals surface area contributed by atoms with Crippen LogP contribution in [0.2, 0.25) is 0 Å². The molecule has 0 aromatic carbocycles. The fourth-order valence-electron chi connectivity index (χ4n) is 3.30. The Kier molecular flexibility index (Phi) is 3.35. The fraction of sp³-hybridized carbons (Fsp3) is 0.750. The van der Waals surface area contributed by atoms with Crippen molar-refractivity contribution in [1.82, 2.24) is 19.8 Å². The van der Waals surface area contributed by atoms with E-state index in [1.54, 1.807) is 0 Å². The van der Waals surface area contributed by atoms with E-state index in [9.17, 15) is 21.6 Å². The van der Waals surface area contributed by atoms with Crippen molar-refractivity contribution in [3.63, 3.8) is 0 Å². The minimum Gasteiger partial charge on any atom is -0.315 e. The van der Waals surface area contributed by atoms with Crippen LogP contribution in [0.3, 0.4) is 0 Å². The van der Waals surface area contributed by atoms with Crippen LogP contribution >= 0.6 is 0 Å². The molecule has 2 N–H and O–H groups in total. The maximum atomic E-state index is 13.2. The molecule has 22 heavy (non-hydrogen) atoms. The monoisotopic (exact) mass is 338 g/mol. The van der Waals surface area contributed by atoms with Gasteiger partial charge in [0.1, 0.15) is 4.90 Å². The van der Waals surface area contributed by atoms with Crippen LogP contribution in [-0.4, -0.2) is 44.0 Å². The molecule has 1 saturated carbocycles. The van der Waals surface area contributed by atoms with Crippen LogP contribution in [-0.2, 0) is 16.6 Å². The molecular weight excluding hydrogens is 321 g/mol. The van der Waals surface area contributed by atoms with Gasteiger partial charge in [0, 0.05) is 37.8 Å². The molecule has 0 spiro atoms. The normalized spacial score (nSPS) is 31.3. The highest BCUT2D eigenvalue weighted by molar-refractivity contribution is 7.89. The minimum absolute atomic E-state index is 0.0324. The van der Waals surface area contributed by atoms with Gasteiger partial charge < -0.3 is 5.32 Å². The molecule has 124 valence electrons. The summed E-state index contributed by atoms with van der Waals surface area (Å²) in [5.74, 6) is 0. The number of aromatic nitrogens is 2. The SMILES string of the molecule is CCn1cc(S(=O)(=O)NC[C@@]23CNC[C@]2(C(F)(F)F)C3)cn1. The second kappa shape index (κ2) is 4.68. The zero-order chi connectivity index (χ0) is 16.2. The molecule has 6 nitrogen and oxygen atoms in total. The number of alkyl halides is 3. The van der Waals surface area contributed by atoms with Crippen LogP contribution in [0.4, 0.5) is 13.2 Å². The quantitative estimate of drug-likeness (QED) is 0.830. The summed E-state index contributed by atoms with van der Waals surface area (Å²) in [6.45, 7) is 2.12. The Morgan fingerprint density at radius 3 is 2.73 bits per heavy atom. The molecule has 0 bridgehead atoms. The molecule has 2 heterocycles. The first-order chi connectivity index (χ1) is 10.2. The second-order valence-electron chi connectivity index (χ2n) is 6.00. The van der Waals surface area contributed by atoms with Crippen molar-refractivity contribution in [2.24, 2.45) is 10.8 Å². The van der Waals surface area contributed by atoms with E-state index in [-0.39, 0.29) is 31.0 Å². The average molecular weight is 338 g/mol. The summed E-state index contributed by atoms with van der Waals surface area (Å²) < 4.78 is 67.7. The second-order valence-corrected chi connectivity index (χ2v) is 7.76. The molecule has 1 aromatic heterocycles. The predicted molar refractivity (Wildman–Crippen MR) is 71.5 cm³/mol. The molecule has 0 radical (unpaired) electrons. The molecule has 10 heteroatoms. The largest absolute Gasteiger partial charge is 0.396 e. The number of fused-ring (bicyclic) bond motifs is 1. The first-order valence-corrected chi connectivity index (χ1v) is 8.44. The third-order valence-corrected chi connectivity index (χ3v) is 6.16. The Bertz CT molecular complexity index is 687. The molecule has 3 rings (SSSR count). The lowest BCUT2D eigenvalue weighted by atomic mass is 9.96. The van der Waals surface area contributed by atoms with Crippen molar-refractivity contribution >= 4 is 10.0 Å². The smallest absolute Gasteiger partial charge is 0.315 e. The van der Waals surface area contributed by atoms with Gasteiger partial charge >= 0.3 is 6.18 Å². The Hall–Kier alpha value is -1.13. The zero-order valence-corrected chi connectivity index (χ0v) is 12.8. The van der Waals surface area contributed by atoms with E-state index >= 15 is 0 Å². The predicted octanol–water partition coefficient (Wildman–Crippen LogP) is 0.723. The molecule has 2 atom stereocenters. The number of hydrogen-bond donors (Lipinski definition) is 2. The van der Waals surface area contributed by atoms with E-state index in [4.69, 9.17) is 0 Å². The maximum absolute atomic E-state index is 13.2. The number of nitrogens with one attached hydrogen (secondary N) is 2. The van der Waals surface area contributed by atoms with Crippen molar-refractivity contribution in [1.29, 1.82) is 0 Å². The van der Waals surface area contributed by atoms with Gasteiger partial charge in [-0.25, -0.2) is 13.1 Å². The van der Waals surface area contributed by atoms with Gasteiger partial charge in [-0.3, -0.25) is 4.68 Å². The first-order valence-electron chi connectivity index (χ1n) is 6.95. The van der Waals surface area contributed by atoms with Gasteiger partial charge in [-0.2, -0.15) is 18.3 Å². The summed E-state index contributed by atoms with van der Waals surface area (Å²) in [5, 5.41) is 6.59. The average Bonchev–Trinajstić information content (AvgIpc) is 2.82. The van der Waals surface area contributed by atoms with Gasteiger partial charge in [0.2, 0.25) is 10.0 Å². The van der Waals surface area contributed by atoms with Gasteiger partial charge in [0.25, 0.3) is 0 Å². The lowest BCUT2D eigenvalue weighted by molar-refractivity contribution is -0.190. The van der Waals surface area contributed by atoms with Crippen molar-refractivity contribution in [2.75, 3.05) is 19.6 Å². The number of hydrogen-bond acceptors (Lipinski definition) is 4. The summed E-state index contributed by atoms with van der Waals surface area (Å²) in [6, 6.07) is 0. The van der Waals surface area contributed by atoms with Crippen molar-refractivity contribution in [3.05, 3.63) is 12.4 Å². The van der Waals surface area contributed by atoms with Gasteiger partial charge in [0.15, 0.2) is 0 Å². The van der Waals surface area contributed by atoms with Crippen LogP contribution in [0.5, 0.6) is 0 Å². The number of rotatable bonds is 5. The van der Waals surface area contributed by atoms with E-state index in [1.807, 2.05) is 6.92 Å². The van der Waals surface area contributed by atoms with Crippen LogP contribution in [0, 0.1) is 10.8 Å². The highest BCUT2D eigenvalue weighted by atomic mass is 32.2. The molecule has 2 aliphatic rings. The molecular formula is C12H17F3N4O2S. The molecule has 1 aromatic rings. The molecule has 1 aliphatic heterocycles. The van der Waals surface area contributed by atoms with E-state index in [1.165, 1.54) is 17.1 Å². The molecule has 0 amide bonds. The Labute approximate surface area is 126 Å². The zero-order valence-electron chi connectivity index (χ0n) is 11.9. The van der Waals surface area contributed by atoms with Crippen LogP contribution < -0.4 is 10.0 Å². The number of nitrogens with zero attached hydrogens (tertiary/aromatic N) is 2. The maximum Gasteiger partial charge on any atom is 0.396 e. The highest BCUT2D eigenvalue weighted by Crippen LogP contribution is 2.72. The summed E-state index contributed by atoms with van der Waals surface area (Å²) in [7, 11) is -3.85. The lowest BCUT2D eigenvalue weighted by Crippen LogP contribution is -2.37. The number of aryl methyl sites for hydroxylation is 1. The van der Waals surface area contributed by atoms with Gasteiger partial charge in [-0.1, -0.05) is 0 Å². The Balaban J connectivity index is 1.73. The topological polar surface area (TPSA) is 76.0 Å². The summed E-state index contributed by atoms with van der Waals surface area (Å²) in [6.07, 6.45) is -1.81. The minimum atomic E-state index is -4.32. The highest BCUT2D eigenvalue weighted by Gasteiger charge is 2.81. The third kappa shape index (κ3) is 2.16. The molecule has 1 aliphatic carbocycles. The summed E-state index contributed by atoms with van der Waals surface area (Å²) >= 11 is 0. The number of halogens is 3. The molecule has 1 saturated heterocycles. The van der Waals surface area contributed by atoms with Crippen LogP contribution in [0.1, 0.15) is 13.3 Å².